The molecule has 0 aliphatic rings. The van der Waals surface area contributed by atoms with Crippen LogP contribution in [0.3, 0.4) is 0 Å². The minimum absolute atomic E-state index is 0.183. The average Bonchev–Trinajstić information content (AvgIpc) is 2.62. The maximum absolute atomic E-state index is 12.3. The first kappa shape index (κ1) is 17.6. The average molecular weight is 348 g/mol. The van der Waals surface area contributed by atoms with E-state index in [-0.39, 0.29) is 17.2 Å². The Morgan fingerprint density at radius 2 is 1.52 bits per heavy atom. The van der Waals surface area contributed by atoms with Crippen molar-refractivity contribution in [2.24, 2.45) is 0 Å². The molecule has 0 aliphatic carbocycles. The van der Waals surface area contributed by atoms with Crippen LogP contribution in [-0.2, 0) is 0 Å². The van der Waals surface area contributed by atoms with Gasteiger partial charge in [-0.3, -0.25) is 4.79 Å². The van der Waals surface area contributed by atoms with E-state index in [0.29, 0.717) is 22.0 Å². The molecule has 2 aromatic rings. The van der Waals surface area contributed by atoms with Crippen molar-refractivity contribution in [1.29, 1.82) is 15.8 Å². The van der Waals surface area contributed by atoms with E-state index in [1.807, 2.05) is 0 Å². The zero-order valence-corrected chi connectivity index (χ0v) is 13.5. The third-order valence-electron chi connectivity index (χ3n) is 3.06. The number of carbonyl (C=O) groups excluding carboxylic acids is 1. The van der Waals surface area contributed by atoms with Crippen LogP contribution in [0, 0.1) is 34.0 Å². The number of nitrogens with zero attached hydrogens (tertiary/aromatic N) is 3. The molecule has 0 saturated carbocycles. The lowest BCUT2D eigenvalue weighted by molar-refractivity contribution is 0.102. The molecular formula is C18H10ClN5O. The molecule has 0 bridgehead atoms. The van der Waals surface area contributed by atoms with E-state index in [1.54, 1.807) is 60.7 Å². The van der Waals surface area contributed by atoms with E-state index in [9.17, 15) is 4.79 Å². The van der Waals surface area contributed by atoms with Crippen LogP contribution in [0.4, 0.5) is 11.4 Å². The Labute approximate surface area is 149 Å². The SMILES string of the molecule is N#CC(C#N)=C(C#N)Nc1cccc(C(=O)Nc2cccc(Cl)c2)c1. The van der Waals surface area contributed by atoms with Gasteiger partial charge in [-0.15, -0.1) is 0 Å². The summed E-state index contributed by atoms with van der Waals surface area (Å²) >= 11 is 5.88. The summed E-state index contributed by atoms with van der Waals surface area (Å²) in [6.45, 7) is 0. The first-order valence-electron chi connectivity index (χ1n) is 6.96. The van der Waals surface area contributed by atoms with Gasteiger partial charge in [0.15, 0.2) is 5.57 Å². The molecule has 2 aromatic carbocycles. The molecule has 0 saturated heterocycles. The minimum atomic E-state index is -0.366. The Balaban J connectivity index is 2.23. The summed E-state index contributed by atoms with van der Waals surface area (Å²) in [4.78, 5) is 12.3. The highest BCUT2D eigenvalue weighted by molar-refractivity contribution is 6.31. The highest BCUT2D eigenvalue weighted by Crippen LogP contribution is 2.18. The van der Waals surface area contributed by atoms with E-state index in [4.69, 9.17) is 27.4 Å². The number of carbonyl (C=O) groups is 1. The molecule has 2 rings (SSSR count). The summed E-state index contributed by atoms with van der Waals surface area (Å²) in [5.74, 6) is -0.366. The maximum atomic E-state index is 12.3. The number of nitriles is 3. The van der Waals surface area contributed by atoms with E-state index in [1.165, 1.54) is 6.07 Å². The Hall–Kier alpha value is -3.79. The summed E-state index contributed by atoms with van der Waals surface area (Å²) < 4.78 is 0. The molecule has 2 N–H and O–H groups in total. The molecule has 120 valence electrons. The van der Waals surface area contributed by atoms with E-state index in [0.717, 1.165) is 0 Å². The van der Waals surface area contributed by atoms with Crippen molar-refractivity contribution in [2.75, 3.05) is 10.6 Å². The Morgan fingerprint density at radius 3 is 2.12 bits per heavy atom. The number of rotatable bonds is 4. The van der Waals surface area contributed by atoms with Crippen molar-refractivity contribution in [1.82, 2.24) is 0 Å². The largest absolute Gasteiger partial charge is 0.345 e. The third-order valence-corrected chi connectivity index (χ3v) is 3.30. The smallest absolute Gasteiger partial charge is 0.255 e. The Kier molecular flexibility index (Phi) is 5.74. The summed E-state index contributed by atoms with van der Waals surface area (Å²) in [6.07, 6.45) is 0. The lowest BCUT2D eigenvalue weighted by atomic mass is 10.1. The quantitative estimate of drug-likeness (QED) is 0.816. The van der Waals surface area contributed by atoms with E-state index >= 15 is 0 Å². The zero-order valence-electron chi connectivity index (χ0n) is 12.7. The first-order chi connectivity index (χ1) is 12.1. The molecule has 25 heavy (non-hydrogen) atoms. The van der Waals surface area contributed by atoms with Gasteiger partial charge in [0.05, 0.1) is 0 Å². The third kappa shape index (κ3) is 4.59. The highest BCUT2D eigenvalue weighted by Gasteiger charge is 2.10. The van der Waals surface area contributed by atoms with Crippen LogP contribution in [0.15, 0.2) is 59.8 Å². The molecule has 0 aromatic heterocycles. The van der Waals surface area contributed by atoms with Gasteiger partial charge >= 0.3 is 0 Å². The fourth-order valence-corrected chi connectivity index (χ4v) is 2.13. The Morgan fingerprint density at radius 1 is 0.880 bits per heavy atom. The molecule has 1 amide bonds. The fourth-order valence-electron chi connectivity index (χ4n) is 1.94. The number of benzene rings is 2. The molecule has 0 spiro atoms. The molecule has 0 unspecified atom stereocenters. The molecule has 0 radical (unpaired) electrons. The number of hydrogen-bond donors (Lipinski definition) is 2. The maximum Gasteiger partial charge on any atom is 0.255 e. The number of amides is 1. The van der Waals surface area contributed by atoms with Gasteiger partial charge in [-0.05, 0) is 36.4 Å². The molecule has 0 fully saturated rings. The lowest BCUT2D eigenvalue weighted by Crippen LogP contribution is -2.12. The predicted octanol–water partition coefficient (Wildman–Crippen LogP) is 3.83. The normalized spacial score (nSPS) is 9.04. The number of hydrogen-bond acceptors (Lipinski definition) is 5. The summed E-state index contributed by atoms with van der Waals surface area (Å²) in [5, 5.41) is 32.6. The number of allylic oxidation sites excluding steroid dienone is 2. The van der Waals surface area contributed by atoms with Gasteiger partial charge in [0.25, 0.3) is 5.91 Å². The van der Waals surface area contributed by atoms with Crippen molar-refractivity contribution in [3.05, 3.63) is 70.4 Å². The zero-order chi connectivity index (χ0) is 18.2. The lowest BCUT2D eigenvalue weighted by Gasteiger charge is -2.08. The molecule has 0 atom stereocenters. The van der Waals surface area contributed by atoms with Gasteiger partial charge in [0, 0.05) is 22.0 Å². The predicted molar refractivity (Wildman–Crippen MR) is 93.3 cm³/mol. The number of halogens is 1. The van der Waals surface area contributed by atoms with Crippen molar-refractivity contribution in [2.45, 2.75) is 0 Å². The van der Waals surface area contributed by atoms with Crippen molar-refractivity contribution < 1.29 is 4.79 Å². The summed E-state index contributed by atoms with van der Waals surface area (Å²) in [6, 6.07) is 18.1. The first-order valence-corrected chi connectivity index (χ1v) is 7.33. The second-order valence-corrected chi connectivity index (χ2v) is 5.19. The van der Waals surface area contributed by atoms with Gasteiger partial charge in [0.1, 0.15) is 23.9 Å². The standard InChI is InChI=1S/C18H10ClN5O/c19-14-4-2-6-16(8-14)24-18(25)12-3-1-5-15(7-12)23-17(11-22)13(9-20)10-21/h1-8,23H,(H,24,25). The topological polar surface area (TPSA) is 112 Å². The second kappa shape index (κ2) is 8.17. The molecule has 0 heterocycles. The van der Waals surface area contributed by atoms with Crippen molar-refractivity contribution in [3.63, 3.8) is 0 Å². The van der Waals surface area contributed by atoms with Gasteiger partial charge in [-0.25, -0.2) is 0 Å². The van der Waals surface area contributed by atoms with Crippen LogP contribution < -0.4 is 10.6 Å². The van der Waals surface area contributed by atoms with Crippen LogP contribution in [0.5, 0.6) is 0 Å². The fraction of sp³-hybridized carbons (Fsp3) is 0. The molecular weight excluding hydrogens is 338 g/mol. The van der Waals surface area contributed by atoms with Gasteiger partial charge in [-0.1, -0.05) is 23.7 Å². The summed E-state index contributed by atoms with van der Waals surface area (Å²) in [5.41, 5.74) is 0.759. The number of anilines is 2. The van der Waals surface area contributed by atoms with Crippen LogP contribution in [0.1, 0.15) is 10.4 Å². The molecule has 7 heteroatoms. The minimum Gasteiger partial charge on any atom is -0.345 e. The Bertz CT molecular complexity index is 960. The van der Waals surface area contributed by atoms with Gasteiger partial charge < -0.3 is 10.6 Å². The van der Waals surface area contributed by atoms with Crippen molar-refractivity contribution in [3.8, 4) is 18.2 Å². The monoisotopic (exact) mass is 347 g/mol. The van der Waals surface area contributed by atoms with Crippen LogP contribution >= 0.6 is 11.6 Å². The van der Waals surface area contributed by atoms with Gasteiger partial charge in [0.2, 0.25) is 0 Å². The molecule has 6 nitrogen and oxygen atoms in total. The van der Waals surface area contributed by atoms with Crippen LogP contribution in [-0.4, -0.2) is 5.91 Å². The second-order valence-electron chi connectivity index (χ2n) is 4.76. The van der Waals surface area contributed by atoms with Crippen LogP contribution in [0.2, 0.25) is 5.02 Å². The van der Waals surface area contributed by atoms with Crippen LogP contribution in [0.25, 0.3) is 0 Å². The van der Waals surface area contributed by atoms with Gasteiger partial charge in [-0.2, -0.15) is 15.8 Å². The van der Waals surface area contributed by atoms with Crippen molar-refractivity contribution >= 4 is 28.9 Å². The number of nitrogens with one attached hydrogen (secondary N) is 2. The summed E-state index contributed by atoms with van der Waals surface area (Å²) in [7, 11) is 0. The van der Waals surface area contributed by atoms with E-state index < -0.39 is 0 Å². The van der Waals surface area contributed by atoms with E-state index in [2.05, 4.69) is 10.6 Å². The highest BCUT2D eigenvalue weighted by atomic mass is 35.5. The molecule has 0 aliphatic heterocycles.